The summed E-state index contributed by atoms with van der Waals surface area (Å²) in [7, 11) is 0. The highest BCUT2D eigenvalue weighted by Gasteiger charge is 2.13. The molecule has 0 bridgehead atoms. The van der Waals surface area contributed by atoms with Crippen LogP contribution in [0.4, 0.5) is 0 Å². The van der Waals surface area contributed by atoms with Crippen molar-refractivity contribution in [3.8, 4) is 0 Å². The van der Waals surface area contributed by atoms with E-state index in [1.807, 2.05) is 6.07 Å². The van der Waals surface area contributed by atoms with Gasteiger partial charge in [0.25, 0.3) is 0 Å². The molecule has 0 saturated heterocycles. The Morgan fingerprint density at radius 2 is 1.88 bits per heavy atom. The highest BCUT2D eigenvalue weighted by Crippen LogP contribution is 2.36. The van der Waals surface area contributed by atoms with E-state index in [2.05, 4.69) is 78.7 Å². The quantitative estimate of drug-likeness (QED) is 0.593. The second-order valence-corrected chi connectivity index (χ2v) is 8.12. The van der Waals surface area contributed by atoms with Gasteiger partial charge in [-0.25, -0.2) is 0 Å². The lowest BCUT2D eigenvalue weighted by Crippen LogP contribution is -1.99. The van der Waals surface area contributed by atoms with E-state index in [0.717, 1.165) is 18.7 Å². The molecule has 5 heteroatoms. The van der Waals surface area contributed by atoms with Crippen LogP contribution in [0, 0.1) is 3.57 Å². The summed E-state index contributed by atoms with van der Waals surface area (Å²) in [6.45, 7) is 0. The fraction of sp³-hybridized carbons (Fsp3) is 0.167. The molecule has 17 heavy (non-hydrogen) atoms. The molecule has 2 aromatic rings. The maximum atomic E-state index is 10.1. The van der Waals surface area contributed by atoms with Crippen LogP contribution >= 0.6 is 65.8 Å². The van der Waals surface area contributed by atoms with Gasteiger partial charge in [-0.15, -0.1) is 11.3 Å². The Kier molecular flexibility index (Phi) is 5.06. The summed E-state index contributed by atoms with van der Waals surface area (Å²) in [6, 6.07) is 10.2. The summed E-state index contributed by atoms with van der Waals surface area (Å²) >= 11 is 10.7. The van der Waals surface area contributed by atoms with Gasteiger partial charge >= 0.3 is 0 Å². The van der Waals surface area contributed by atoms with E-state index in [-0.39, 0.29) is 0 Å². The maximum absolute atomic E-state index is 10.1. The molecule has 0 saturated carbocycles. The molecule has 0 amide bonds. The molecular formula is C12H9Br2IOS. The first-order chi connectivity index (χ1) is 8.06. The van der Waals surface area contributed by atoms with E-state index in [9.17, 15) is 5.11 Å². The molecule has 0 radical (unpaired) electrons. The van der Waals surface area contributed by atoms with Crippen LogP contribution in [0.25, 0.3) is 0 Å². The number of thiophene rings is 1. The lowest BCUT2D eigenvalue weighted by molar-refractivity contribution is 0.182. The summed E-state index contributed by atoms with van der Waals surface area (Å²) in [5, 5.41) is 10.1. The molecule has 2 rings (SSSR count). The average molecular weight is 488 g/mol. The molecule has 1 aromatic heterocycles. The number of hydrogen-bond donors (Lipinski definition) is 1. The van der Waals surface area contributed by atoms with Gasteiger partial charge in [-0.3, -0.25) is 0 Å². The van der Waals surface area contributed by atoms with Gasteiger partial charge in [0.15, 0.2) is 0 Å². The standard InChI is InChI=1S/C12H9Br2IOS/c13-9-6-11(17-12(9)14)10(16)5-7-1-3-8(15)4-2-7/h1-4,6,10,16H,5H2. The summed E-state index contributed by atoms with van der Waals surface area (Å²) < 4.78 is 3.23. The van der Waals surface area contributed by atoms with Crippen molar-refractivity contribution < 1.29 is 5.11 Å². The molecule has 1 atom stereocenters. The van der Waals surface area contributed by atoms with Gasteiger partial charge in [0.2, 0.25) is 0 Å². The van der Waals surface area contributed by atoms with E-state index in [4.69, 9.17) is 0 Å². The van der Waals surface area contributed by atoms with Crippen molar-refractivity contribution in [1.29, 1.82) is 0 Å². The predicted molar refractivity (Wildman–Crippen MR) is 87.5 cm³/mol. The number of halogens is 3. The average Bonchev–Trinajstić information content (AvgIpc) is 2.63. The molecule has 1 heterocycles. The van der Waals surface area contributed by atoms with Gasteiger partial charge in [0.05, 0.1) is 9.89 Å². The van der Waals surface area contributed by atoms with Crippen molar-refractivity contribution in [3.05, 3.63) is 52.6 Å². The van der Waals surface area contributed by atoms with Gasteiger partial charge < -0.3 is 5.11 Å². The highest BCUT2D eigenvalue weighted by atomic mass is 127. The Balaban J connectivity index is 2.11. The van der Waals surface area contributed by atoms with Crippen molar-refractivity contribution >= 4 is 65.8 Å². The highest BCUT2D eigenvalue weighted by molar-refractivity contribution is 14.1. The summed E-state index contributed by atoms with van der Waals surface area (Å²) in [5.74, 6) is 0. The predicted octanol–water partition coefficient (Wildman–Crippen LogP) is 5.15. The molecular weight excluding hydrogens is 479 g/mol. The Hall–Kier alpha value is 0.570. The third-order valence-electron chi connectivity index (χ3n) is 2.33. The van der Waals surface area contributed by atoms with Crippen LogP contribution in [0.5, 0.6) is 0 Å². The van der Waals surface area contributed by atoms with Crippen LogP contribution in [-0.4, -0.2) is 5.11 Å². The molecule has 0 fully saturated rings. The lowest BCUT2D eigenvalue weighted by atomic mass is 10.1. The van der Waals surface area contributed by atoms with Crippen LogP contribution in [-0.2, 0) is 6.42 Å². The number of hydrogen-bond acceptors (Lipinski definition) is 2. The Labute approximate surface area is 135 Å². The van der Waals surface area contributed by atoms with Crippen LogP contribution in [0.1, 0.15) is 16.5 Å². The number of aliphatic hydroxyl groups is 1. The number of rotatable bonds is 3. The van der Waals surface area contributed by atoms with Gasteiger partial charge in [-0.2, -0.15) is 0 Å². The van der Waals surface area contributed by atoms with Crippen LogP contribution < -0.4 is 0 Å². The Morgan fingerprint density at radius 1 is 1.24 bits per heavy atom. The monoisotopic (exact) mass is 486 g/mol. The van der Waals surface area contributed by atoms with E-state index < -0.39 is 6.10 Å². The van der Waals surface area contributed by atoms with E-state index in [0.29, 0.717) is 6.42 Å². The van der Waals surface area contributed by atoms with E-state index in [1.54, 1.807) is 11.3 Å². The molecule has 1 unspecified atom stereocenters. The fourth-order valence-corrected chi connectivity index (χ4v) is 3.91. The van der Waals surface area contributed by atoms with Gasteiger partial charge in [0, 0.05) is 19.3 Å². The molecule has 0 spiro atoms. The zero-order valence-corrected chi connectivity index (χ0v) is 14.8. The largest absolute Gasteiger partial charge is 0.387 e. The minimum absolute atomic E-state index is 0.442. The lowest BCUT2D eigenvalue weighted by Gasteiger charge is -2.08. The topological polar surface area (TPSA) is 20.2 Å². The molecule has 0 aliphatic carbocycles. The van der Waals surface area contributed by atoms with Crippen LogP contribution in [0.2, 0.25) is 0 Å². The third-order valence-corrected chi connectivity index (χ3v) is 6.41. The van der Waals surface area contributed by atoms with Crippen molar-refractivity contribution in [2.45, 2.75) is 12.5 Å². The third kappa shape index (κ3) is 3.76. The summed E-state index contributed by atoms with van der Waals surface area (Å²) in [4.78, 5) is 0.974. The van der Waals surface area contributed by atoms with Gasteiger partial charge in [-0.1, -0.05) is 12.1 Å². The van der Waals surface area contributed by atoms with Crippen LogP contribution in [0.3, 0.4) is 0 Å². The molecule has 1 N–H and O–H groups in total. The van der Waals surface area contributed by atoms with Gasteiger partial charge in [0.1, 0.15) is 0 Å². The minimum Gasteiger partial charge on any atom is -0.387 e. The Bertz CT molecular complexity index is 490. The molecule has 0 aliphatic rings. The first-order valence-corrected chi connectivity index (χ1v) is 8.41. The fourth-order valence-electron chi connectivity index (χ4n) is 1.47. The molecule has 1 nitrogen and oxygen atoms in total. The van der Waals surface area contributed by atoms with Crippen molar-refractivity contribution in [1.82, 2.24) is 0 Å². The zero-order chi connectivity index (χ0) is 12.4. The molecule has 0 aliphatic heterocycles. The first kappa shape index (κ1) is 14.0. The minimum atomic E-state index is -0.442. The summed E-state index contributed by atoms with van der Waals surface area (Å²) in [6.07, 6.45) is 0.207. The van der Waals surface area contributed by atoms with E-state index in [1.165, 1.54) is 3.57 Å². The molecule has 1 aromatic carbocycles. The van der Waals surface area contributed by atoms with Crippen LogP contribution in [0.15, 0.2) is 38.6 Å². The summed E-state index contributed by atoms with van der Waals surface area (Å²) in [5.41, 5.74) is 1.15. The normalized spacial score (nSPS) is 12.7. The smallest absolute Gasteiger partial charge is 0.0922 e. The zero-order valence-electron chi connectivity index (χ0n) is 8.66. The number of aliphatic hydroxyl groups excluding tert-OH is 1. The first-order valence-electron chi connectivity index (χ1n) is 4.93. The maximum Gasteiger partial charge on any atom is 0.0922 e. The molecule has 90 valence electrons. The SMILES string of the molecule is OC(Cc1ccc(I)cc1)c1cc(Br)c(Br)s1. The second-order valence-electron chi connectivity index (χ2n) is 3.62. The van der Waals surface area contributed by atoms with Crippen molar-refractivity contribution in [3.63, 3.8) is 0 Å². The number of benzene rings is 1. The Morgan fingerprint density at radius 3 is 2.41 bits per heavy atom. The van der Waals surface area contributed by atoms with Gasteiger partial charge in [-0.05, 0) is 78.2 Å². The van der Waals surface area contributed by atoms with Crippen molar-refractivity contribution in [2.24, 2.45) is 0 Å². The van der Waals surface area contributed by atoms with Crippen molar-refractivity contribution in [2.75, 3.05) is 0 Å². The van der Waals surface area contributed by atoms with E-state index >= 15 is 0 Å². The second kappa shape index (κ2) is 6.14.